The van der Waals surface area contributed by atoms with Crippen molar-refractivity contribution in [1.29, 1.82) is 0 Å². The number of carboxylic acids is 1. The number of carbonyl (C=O) groups is 6. The molecule has 59 heavy (non-hydrogen) atoms. The summed E-state index contributed by atoms with van der Waals surface area (Å²) in [5.41, 5.74) is 1.74. The van der Waals surface area contributed by atoms with Gasteiger partial charge in [-0.2, -0.15) is 0 Å². The Balaban J connectivity index is 1.48. The van der Waals surface area contributed by atoms with Crippen molar-refractivity contribution in [2.75, 3.05) is 6.54 Å². The maximum absolute atomic E-state index is 14.5. The fourth-order valence-electron chi connectivity index (χ4n) is 6.63. The molecule has 308 valence electrons. The number of benzene rings is 4. The molecule has 4 bridgehead atoms. The lowest BCUT2D eigenvalue weighted by Crippen LogP contribution is -2.61. The summed E-state index contributed by atoms with van der Waals surface area (Å²) in [7, 11) is 0. The van der Waals surface area contributed by atoms with Gasteiger partial charge in [0.1, 0.15) is 41.4 Å². The Hall–Kier alpha value is -6.98. The highest BCUT2D eigenvalue weighted by Gasteiger charge is 2.40. The maximum atomic E-state index is 14.5. The predicted octanol–water partition coefficient (Wildman–Crippen LogP) is 0.327. The third-order valence-corrected chi connectivity index (χ3v) is 9.79. The van der Waals surface area contributed by atoms with Crippen molar-refractivity contribution >= 4 is 35.5 Å². The molecule has 0 aromatic heterocycles. The minimum Gasteiger partial charge on any atom is -0.508 e. The number of amides is 5. The minimum atomic E-state index is -1.84. The maximum Gasteiger partial charge on any atom is 0.326 e. The molecule has 0 saturated heterocycles. The highest BCUT2D eigenvalue weighted by molar-refractivity contribution is 5.96. The molecule has 17 nitrogen and oxygen atoms in total. The van der Waals surface area contributed by atoms with Crippen molar-refractivity contribution in [3.63, 3.8) is 0 Å². The van der Waals surface area contributed by atoms with Gasteiger partial charge in [0.2, 0.25) is 23.6 Å². The summed E-state index contributed by atoms with van der Waals surface area (Å²) in [5, 5.41) is 54.2. The van der Waals surface area contributed by atoms with Gasteiger partial charge in [0, 0.05) is 12.8 Å². The summed E-state index contributed by atoms with van der Waals surface area (Å²) < 4.78 is 12.6. The van der Waals surface area contributed by atoms with Crippen LogP contribution >= 0.6 is 0 Å². The van der Waals surface area contributed by atoms with E-state index in [0.29, 0.717) is 22.3 Å². The molecule has 4 heterocycles. The normalized spacial score (nSPS) is 24.9. The number of fused-ring (bicyclic) bond motifs is 20. The predicted molar refractivity (Wildman–Crippen MR) is 208 cm³/mol. The molecule has 0 radical (unpaired) electrons. The molecule has 8 atom stereocenters. The van der Waals surface area contributed by atoms with Crippen LogP contribution in [-0.4, -0.2) is 98.9 Å². The molecule has 0 fully saturated rings. The molecule has 4 aliphatic heterocycles. The average Bonchev–Trinajstić information content (AvgIpc) is 3.22. The first-order valence-electron chi connectivity index (χ1n) is 18.7. The first kappa shape index (κ1) is 41.6. The SMILES string of the molecule is CC(O)C1NC(=O)C2NC(=O)C(Cc3ccc(O)cc3)NC(=O)C(O)C(c3ccccc3)Oc3ccc(cc3)C2Oc2ccc(cc2)CC(C(=O)O)NC(=O)CNC1=O. The molecule has 8 rings (SSSR count). The van der Waals surface area contributed by atoms with Crippen LogP contribution in [0, 0.1) is 0 Å². The van der Waals surface area contributed by atoms with Crippen LogP contribution in [0.2, 0.25) is 0 Å². The molecule has 4 aliphatic rings. The highest BCUT2D eigenvalue weighted by atomic mass is 16.5. The fraction of sp³-hybridized carbons (Fsp3) is 0.286. The molecular weight excluding hydrogens is 766 g/mol. The van der Waals surface area contributed by atoms with Crippen LogP contribution in [-0.2, 0) is 41.6 Å². The number of ether oxygens (including phenoxy) is 2. The molecular formula is C42H43N5O12. The zero-order chi connectivity index (χ0) is 42.2. The van der Waals surface area contributed by atoms with Crippen molar-refractivity contribution in [2.45, 2.75) is 68.3 Å². The Morgan fingerprint density at radius 3 is 1.95 bits per heavy atom. The molecule has 9 N–H and O–H groups in total. The second-order valence-corrected chi connectivity index (χ2v) is 14.2. The van der Waals surface area contributed by atoms with E-state index in [9.17, 15) is 49.2 Å². The van der Waals surface area contributed by atoms with Gasteiger partial charge in [-0.15, -0.1) is 0 Å². The number of aliphatic carboxylic acids is 1. The van der Waals surface area contributed by atoms with E-state index in [2.05, 4.69) is 26.6 Å². The summed E-state index contributed by atoms with van der Waals surface area (Å²) in [6, 6.07) is 20.4. The minimum absolute atomic E-state index is 0.0531. The number of carbonyl (C=O) groups excluding carboxylic acids is 5. The Morgan fingerprint density at radius 1 is 0.712 bits per heavy atom. The van der Waals surface area contributed by atoms with E-state index in [4.69, 9.17) is 9.47 Å². The lowest BCUT2D eigenvalue weighted by atomic mass is 9.97. The van der Waals surface area contributed by atoms with Crippen LogP contribution in [0.15, 0.2) is 103 Å². The molecule has 8 unspecified atom stereocenters. The zero-order valence-corrected chi connectivity index (χ0v) is 31.6. The second kappa shape index (κ2) is 18.5. The van der Waals surface area contributed by atoms with Gasteiger partial charge in [-0.25, -0.2) is 4.79 Å². The van der Waals surface area contributed by atoms with Crippen LogP contribution < -0.4 is 36.1 Å². The Labute approximate surface area is 337 Å². The third-order valence-electron chi connectivity index (χ3n) is 9.79. The summed E-state index contributed by atoms with van der Waals surface area (Å²) in [4.78, 5) is 81.0. The number of hydrogen-bond donors (Lipinski definition) is 9. The number of aromatic hydroxyl groups is 1. The first-order chi connectivity index (χ1) is 28.2. The van der Waals surface area contributed by atoms with Crippen molar-refractivity contribution in [2.24, 2.45) is 0 Å². The van der Waals surface area contributed by atoms with E-state index >= 15 is 0 Å². The Bertz CT molecular complexity index is 2150. The van der Waals surface area contributed by atoms with Crippen LogP contribution in [0.3, 0.4) is 0 Å². The van der Waals surface area contributed by atoms with Gasteiger partial charge >= 0.3 is 5.97 Å². The van der Waals surface area contributed by atoms with Crippen LogP contribution in [0.1, 0.15) is 41.4 Å². The Morgan fingerprint density at radius 2 is 1.32 bits per heavy atom. The monoisotopic (exact) mass is 809 g/mol. The molecule has 0 spiro atoms. The largest absolute Gasteiger partial charge is 0.508 e. The van der Waals surface area contributed by atoms with Gasteiger partial charge in [0.15, 0.2) is 18.3 Å². The number of aliphatic hydroxyl groups excluding tert-OH is 2. The van der Waals surface area contributed by atoms with Crippen molar-refractivity contribution in [1.82, 2.24) is 26.6 Å². The average molecular weight is 810 g/mol. The fourth-order valence-corrected chi connectivity index (χ4v) is 6.63. The number of aliphatic hydroxyl groups is 2. The van der Waals surface area contributed by atoms with Crippen molar-refractivity contribution in [3.05, 3.63) is 125 Å². The zero-order valence-electron chi connectivity index (χ0n) is 31.6. The molecule has 4 aromatic rings. The van der Waals surface area contributed by atoms with Crippen LogP contribution in [0.25, 0.3) is 0 Å². The highest BCUT2D eigenvalue weighted by Crippen LogP contribution is 2.31. The van der Waals surface area contributed by atoms with Gasteiger partial charge in [-0.3, -0.25) is 24.0 Å². The Kier molecular flexibility index (Phi) is 13.1. The van der Waals surface area contributed by atoms with Gasteiger partial charge in [0.05, 0.1) is 12.6 Å². The van der Waals surface area contributed by atoms with E-state index in [1.54, 1.807) is 54.6 Å². The van der Waals surface area contributed by atoms with E-state index in [1.807, 2.05) is 0 Å². The van der Waals surface area contributed by atoms with E-state index in [-0.39, 0.29) is 30.1 Å². The summed E-state index contributed by atoms with van der Waals surface area (Å²) >= 11 is 0. The smallest absolute Gasteiger partial charge is 0.326 e. The summed E-state index contributed by atoms with van der Waals surface area (Å²) in [6.07, 6.45) is -6.34. The first-order valence-corrected chi connectivity index (χ1v) is 18.7. The second-order valence-electron chi connectivity index (χ2n) is 14.2. The topological polar surface area (TPSA) is 262 Å². The lowest BCUT2D eigenvalue weighted by molar-refractivity contribution is -0.142. The quantitative estimate of drug-likeness (QED) is 0.124. The van der Waals surface area contributed by atoms with E-state index in [0.717, 1.165) is 0 Å². The van der Waals surface area contributed by atoms with Crippen molar-refractivity contribution in [3.8, 4) is 17.2 Å². The summed E-state index contributed by atoms with van der Waals surface area (Å²) in [6.45, 7) is 0.515. The number of rotatable bonds is 5. The lowest BCUT2D eigenvalue weighted by Gasteiger charge is -2.32. The van der Waals surface area contributed by atoms with E-state index < -0.39 is 90.6 Å². The van der Waals surface area contributed by atoms with Crippen molar-refractivity contribution < 1.29 is 58.7 Å². The third kappa shape index (κ3) is 10.5. The number of carboxylic acid groups (broad SMARTS) is 1. The van der Waals surface area contributed by atoms with Gasteiger partial charge in [0.25, 0.3) is 5.91 Å². The summed E-state index contributed by atoms with van der Waals surface area (Å²) in [5.74, 6) is -5.78. The molecule has 0 saturated carbocycles. The van der Waals surface area contributed by atoms with Crippen LogP contribution in [0.4, 0.5) is 0 Å². The molecule has 4 aromatic carbocycles. The standard InChI is InChI=1S/C42H43N5O12/c1-22(48)33-39(53)43-21-32(50)44-31(42(56)57)20-24-9-15-28(16-10-24)58-36-26-11-17-29(18-12-26)59-37(25-5-3-2-4-6-25)35(51)41(55)45-30(19-23-7-13-27(49)14-8-23)38(52)47-34(36)40(54)46-33/h2-18,22,30-31,33-37,48-49,51H,19-21H2,1H3,(H,43,53)(H,44,50)(H,45,55)(H,46,54)(H,47,52)(H,56,57). The van der Waals surface area contributed by atoms with Gasteiger partial charge in [-0.1, -0.05) is 66.7 Å². The van der Waals surface area contributed by atoms with E-state index in [1.165, 1.54) is 55.5 Å². The number of phenolic OH excluding ortho intramolecular Hbond substituents is 1. The molecule has 5 amide bonds. The number of phenols is 1. The molecule has 0 aliphatic carbocycles. The molecule has 17 heteroatoms. The van der Waals surface area contributed by atoms with Gasteiger partial charge < -0.3 is 56.5 Å². The van der Waals surface area contributed by atoms with Gasteiger partial charge in [-0.05, 0) is 65.6 Å². The number of nitrogens with one attached hydrogen (secondary N) is 5. The number of hydrogen-bond acceptors (Lipinski definition) is 11. The van der Waals surface area contributed by atoms with Crippen LogP contribution in [0.5, 0.6) is 17.2 Å².